The highest BCUT2D eigenvalue weighted by atomic mass is 32.1. The number of aliphatic hydroxyl groups is 1. The summed E-state index contributed by atoms with van der Waals surface area (Å²) in [5.41, 5.74) is 4.14. The zero-order chi connectivity index (χ0) is 46.7. The standard InChI is InChI=1S/C49H62N6O9S/c1-33-42(65-32-51-33)35-18-16-34(17-19-35)29-50-44(58)40-28-38(56)30-53(40)45(59)43(48(2,3)4)52-41(57)31-63-26-13-25-62-24-11-8-12-27-64-39-22-20-37(21-23-39)55-47(61)54(46(60)49(55,5)6)36-14-9-7-10-15-36/h7,9-10,14-23,32,38,40,43,56H,8,11-13,24-31H2,1-6H3,(H,50,58)(H,52,57)/t38-,40+,43-/m1/s1. The van der Waals surface area contributed by atoms with E-state index in [1.54, 1.807) is 73.7 Å². The number of likely N-dealkylation sites (tertiary alicyclic amines) is 1. The number of thiazole rings is 1. The van der Waals surface area contributed by atoms with Crippen LogP contribution < -0.4 is 25.2 Å². The van der Waals surface area contributed by atoms with Crippen LogP contribution in [0.4, 0.5) is 16.2 Å². The minimum Gasteiger partial charge on any atom is -0.494 e. The molecule has 2 saturated heterocycles. The molecule has 1 aromatic heterocycles. The smallest absolute Gasteiger partial charge is 0.336 e. The fourth-order valence-corrected chi connectivity index (χ4v) is 8.72. The number of unbranched alkanes of at least 4 members (excludes halogenated alkanes) is 2. The molecule has 4 aromatic rings. The van der Waals surface area contributed by atoms with Crippen LogP contribution in [0.5, 0.6) is 5.75 Å². The number of urea groups is 1. The number of hydrogen-bond donors (Lipinski definition) is 3. The minimum atomic E-state index is -1.05. The zero-order valence-corrected chi connectivity index (χ0v) is 39.0. The number of rotatable bonds is 21. The first-order chi connectivity index (χ1) is 31.1. The third kappa shape index (κ3) is 12.4. The van der Waals surface area contributed by atoms with E-state index in [1.165, 1.54) is 14.7 Å². The molecule has 0 unspecified atom stereocenters. The quantitative estimate of drug-likeness (QED) is 0.0606. The number of hydrogen-bond acceptors (Lipinski definition) is 11. The van der Waals surface area contributed by atoms with E-state index in [0.717, 1.165) is 41.0 Å². The van der Waals surface area contributed by atoms with Crippen molar-refractivity contribution in [3.05, 3.63) is 95.6 Å². The van der Waals surface area contributed by atoms with Crippen LogP contribution in [-0.2, 0) is 35.2 Å². The Morgan fingerprint density at radius 3 is 2.23 bits per heavy atom. The van der Waals surface area contributed by atoms with Gasteiger partial charge in [0.1, 0.15) is 30.0 Å². The normalized spacial score (nSPS) is 17.7. The molecule has 6 rings (SSSR count). The number of aliphatic hydroxyl groups excluding tert-OH is 1. The lowest BCUT2D eigenvalue weighted by atomic mass is 9.85. The Morgan fingerprint density at radius 1 is 0.877 bits per heavy atom. The van der Waals surface area contributed by atoms with Crippen LogP contribution in [0.15, 0.2) is 84.4 Å². The van der Waals surface area contributed by atoms with E-state index >= 15 is 0 Å². The molecule has 2 aliphatic heterocycles. The molecule has 3 heterocycles. The summed E-state index contributed by atoms with van der Waals surface area (Å²) in [7, 11) is 0. The van der Waals surface area contributed by atoms with E-state index in [4.69, 9.17) is 14.2 Å². The van der Waals surface area contributed by atoms with Crippen molar-refractivity contribution in [1.29, 1.82) is 0 Å². The molecule has 0 spiro atoms. The number of imide groups is 1. The summed E-state index contributed by atoms with van der Waals surface area (Å²) in [6.07, 6.45) is 2.41. The largest absolute Gasteiger partial charge is 0.494 e. The molecular weight excluding hydrogens is 849 g/mol. The lowest BCUT2D eigenvalue weighted by molar-refractivity contribution is -0.144. The molecule has 6 amide bonds. The van der Waals surface area contributed by atoms with Gasteiger partial charge in [-0.2, -0.15) is 0 Å². The second-order valence-electron chi connectivity index (χ2n) is 18.0. The van der Waals surface area contributed by atoms with Gasteiger partial charge in [0.15, 0.2) is 0 Å². The van der Waals surface area contributed by atoms with Crippen LogP contribution in [-0.4, -0.2) is 108 Å². The third-order valence-corrected chi connectivity index (χ3v) is 12.5. The number of nitrogens with one attached hydrogen (secondary N) is 2. The highest BCUT2D eigenvalue weighted by Crippen LogP contribution is 2.37. The van der Waals surface area contributed by atoms with Crippen LogP contribution in [0, 0.1) is 12.3 Å². The number of nitrogens with zero attached hydrogens (tertiary/aromatic N) is 4. The van der Waals surface area contributed by atoms with Crippen LogP contribution in [0.25, 0.3) is 10.4 Å². The van der Waals surface area contributed by atoms with Gasteiger partial charge >= 0.3 is 6.03 Å². The van der Waals surface area contributed by atoms with E-state index in [9.17, 15) is 29.1 Å². The Morgan fingerprint density at radius 2 is 1.55 bits per heavy atom. The molecule has 0 bridgehead atoms. The molecule has 15 nitrogen and oxygen atoms in total. The predicted octanol–water partition coefficient (Wildman–Crippen LogP) is 6.65. The van der Waals surface area contributed by atoms with E-state index < -0.39 is 47.0 Å². The number of para-hydroxylation sites is 1. The summed E-state index contributed by atoms with van der Waals surface area (Å²) >= 11 is 1.57. The maximum absolute atomic E-state index is 13.9. The number of β-amino-alcohol motifs (C(OH)–C–C–N with tert-alkyl or cyclic N) is 1. The van der Waals surface area contributed by atoms with Crippen molar-refractivity contribution in [3.63, 3.8) is 0 Å². The highest BCUT2D eigenvalue weighted by Gasteiger charge is 2.52. The van der Waals surface area contributed by atoms with E-state index in [-0.39, 0.29) is 37.9 Å². The van der Waals surface area contributed by atoms with Crippen LogP contribution in [0.1, 0.15) is 78.0 Å². The van der Waals surface area contributed by atoms with Crippen molar-refractivity contribution < 1.29 is 43.3 Å². The summed E-state index contributed by atoms with van der Waals surface area (Å²) in [6, 6.07) is 21.8. The van der Waals surface area contributed by atoms with Crippen molar-refractivity contribution in [3.8, 4) is 16.2 Å². The molecule has 3 atom stereocenters. The van der Waals surface area contributed by atoms with E-state index in [0.29, 0.717) is 50.0 Å². The van der Waals surface area contributed by atoms with Crippen molar-refractivity contribution in [1.82, 2.24) is 20.5 Å². The van der Waals surface area contributed by atoms with Crippen molar-refractivity contribution in [2.75, 3.05) is 49.4 Å². The molecule has 3 N–H and O–H groups in total. The summed E-state index contributed by atoms with van der Waals surface area (Å²) < 4.78 is 17.3. The topological polar surface area (TPSA) is 180 Å². The van der Waals surface area contributed by atoms with Gasteiger partial charge in [-0.05, 0) is 99.4 Å². The molecule has 0 saturated carbocycles. The minimum absolute atomic E-state index is 0.00908. The average Bonchev–Trinajstić information content (AvgIpc) is 3.94. The van der Waals surface area contributed by atoms with Gasteiger partial charge in [-0.15, -0.1) is 11.3 Å². The molecule has 0 aliphatic carbocycles. The maximum atomic E-state index is 13.9. The van der Waals surface area contributed by atoms with E-state index in [1.807, 2.05) is 63.5 Å². The molecule has 348 valence electrons. The molecule has 16 heteroatoms. The summed E-state index contributed by atoms with van der Waals surface area (Å²) in [5.74, 6) is -0.865. The van der Waals surface area contributed by atoms with Crippen LogP contribution in [0.2, 0.25) is 0 Å². The SMILES string of the molecule is Cc1ncsc1-c1ccc(CNC(=O)[C@@H]2C[C@@H](O)CN2C(=O)[C@@H](NC(=O)COCCCOCCCCCOc2ccc(N3C(=O)N(c4ccccc4)C(=O)C3(C)C)cc2)C(C)(C)C)cc1. The Kier molecular flexibility index (Phi) is 16.5. The number of anilines is 2. The predicted molar refractivity (Wildman–Crippen MR) is 250 cm³/mol. The fourth-order valence-electron chi connectivity index (χ4n) is 7.91. The molecule has 0 radical (unpaired) electrons. The molecular formula is C49H62N6O9S. The second-order valence-corrected chi connectivity index (χ2v) is 18.9. The average molecular weight is 911 g/mol. The number of aryl methyl sites for hydroxylation is 1. The molecule has 65 heavy (non-hydrogen) atoms. The first-order valence-electron chi connectivity index (χ1n) is 22.2. The van der Waals surface area contributed by atoms with Gasteiger partial charge in [-0.25, -0.2) is 14.7 Å². The van der Waals surface area contributed by atoms with Gasteiger partial charge in [-0.3, -0.25) is 24.1 Å². The lowest BCUT2D eigenvalue weighted by Gasteiger charge is -2.35. The maximum Gasteiger partial charge on any atom is 0.336 e. The number of carbonyl (C=O) groups excluding carboxylic acids is 5. The van der Waals surface area contributed by atoms with Gasteiger partial charge in [0.05, 0.1) is 34.5 Å². The molecule has 2 aliphatic rings. The number of benzene rings is 3. The highest BCUT2D eigenvalue weighted by molar-refractivity contribution is 7.13. The van der Waals surface area contributed by atoms with Crippen LogP contribution >= 0.6 is 11.3 Å². The number of ether oxygens (including phenoxy) is 3. The van der Waals surface area contributed by atoms with Gasteiger partial charge < -0.3 is 34.9 Å². The first kappa shape index (κ1) is 48.8. The second kappa shape index (κ2) is 22.0. The van der Waals surface area contributed by atoms with Crippen LogP contribution in [0.3, 0.4) is 0 Å². The van der Waals surface area contributed by atoms with Crippen molar-refractivity contribution in [2.24, 2.45) is 5.41 Å². The Bertz CT molecular complexity index is 2240. The Hall–Kier alpha value is -5.68. The zero-order valence-electron chi connectivity index (χ0n) is 38.2. The number of aromatic nitrogens is 1. The molecule has 3 aromatic carbocycles. The Labute approximate surface area is 385 Å². The monoisotopic (exact) mass is 910 g/mol. The van der Waals surface area contributed by atoms with Gasteiger partial charge in [0, 0.05) is 45.0 Å². The third-order valence-electron chi connectivity index (χ3n) is 11.5. The van der Waals surface area contributed by atoms with E-state index in [2.05, 4.69) is 15.6 Å². The van der Waals surface area contributed by atoms with Gasteiger partial charge in [0.2, 0.25) is 17.7 Å². The summed E-state index contributed by atoms with van der Waals surface area (Å²) in [4.78, 5) is 76.4. The number of carbonyl (C=O) groups is 5. The first-order valence-corrected chi connectivity index (χ1v) is 23.1. The van der Waals surface area contributed by atoms with Gasteiger partial charge in [-0.1, -0.05) is 63.2 Å². The Balaban J connectivity index is 0.835. The van der Waals surface area contributed by atoms with Gasteiger partial charge in [0.25, 0.3) is 5.91 Å². The summed E-state index contributed by atoms with van der Waals surface area (Å²) in [6.45, 7) is 12.8. The summed E-state index contributed by atoms with van der Waals surface area (Å²) in [5, 5.41) is 16.3. The fraction of sp³-hybridized carbons (Fsp3) is 0.469. The lowest BCUT2D eigenvalue weighted by Crippen LogP contribution is -2.58. The van der Waals surface area contributed by atoms with Crippen molar-refractivity contribution >= 4 is 52.4 Å². The van der Waals surface area contributed by atoms with Crippen molar-refractivity contribution in [2.45, 2.75) is 104 Å². The molecule has 2 fully saturated rings. The number of amides is 6.